The molecule has 5 heteroatoms. The first-order chi connectivity index (χ1) is 11.2. The topological polar surface area (TPSA) is 63.0 Å². The Morgan fingerprint density at radius 1 is 1.17 bits per heavy atom. The lowest BCUT2D eigenvalue weighted by atomic mass is 10.1. The average molecular weight is 331 g/mol. The van der Waals surface area contributed by atoms with Crippen LogP contribution in [0.5, 0.6) is 5.75 Å². The first kappa shape index (κ1) is 15.6. The van der Waals surface area contributed by atoms with Gasteiger partial charge in [0.15, 0.2) is 5.43 Å². The lowest BCUT2D eigenvalue weighted by molar-refractivity contribution is 0.425. The smallest absolute Gasteiger partial charge is 0.200 e. The van der Waals surface area contributed by atoms with Gasteiger partial charge in [0.2, 0.25) is 0 Å². The van der Waals surface area contributed by atoms with Gasteiger partial charge in [-0.05, 0) is 17.7 Å². The average Bonchev–Trinajstić information content (AvgIpc) is 3.41. The molecule has 1 aromatic heterocycles. The van der Waals surface area contributed by atoms with Gasteiger partial charge in [-0.2, -0.15) is 0 Å². The summed E-state index contributed by atoms with van der Waals surface area (Å²) in [4.78, 5) is 12.3. The van der Waals surface area contributed by atoms with Crippen LogP contribution >= 0.6 is 11.6 Å². The number of benzene rings is 2. The molecule has 4 rings (SSSR count). The fourth-order valence-corrected chi connectivity index (χ4v) is 2.27. The van der Waals surface area contributed by atoms with Gasteiger partial charge >= 0.3 is 0 Å². The van der Waals surface area contributed by atoms with Gasteiger partial charge in [0, 0.05) is 6.07 Å². The van der Waals surface area contributed by atoms with E-state index in [0.717, 1.165) is 12.2 Å². The number of epoxide rings is 1. The summed E-state index contributed by atoms with van der Waals surface area (Å²) in [6.07, 6.45) is 1.83. The molecule has 118 valence electrons. The molecule has 0 aliphatic carbocycles. The van der Waals surface area contributed by atoms with Gasteiger partial charge in [-0.3, -0.25) is 4.79 Å². The molecule has 1 saturated heterocycles. The molecular weight excluding hydrogens is 316 g/mol. The third-order valence-electron chi connectivity index (χ3n) is 3.42. The van der Waals surface area contributed by atoms with Crippen molar-refractivity contribution in [1.29, 1.82) is 0 Å². The Kier molecular flexibility index (Phi) is 4.65. The van der Waals surface area contributed by atoms with Crippen LogP contribution in [0.3, 0.4) is 0 Å². The van der Waals surface area contributed by atoms with E-state index in [0.29, 0.717) is 28.5 Å². The van der Waals surface area contributed by atoms with E-state index in [9.17, 15) is 9.90 Å². The first-order valence-electron chi connectivity index (χ1n) is 7.16. The van der Waals surface area contributed by atoms with Crippen LogP contribution in [-0.2, 0) is 4.74 Å². The molecule has 1 aliphatic heterocycles. The second-order valence-corrected chi connectivity index (χ2v) is 5.44. The summed E-state index contributed by atoms with van der Waals surface area (Å²) in [7, 11) is 0. The van der Waals surface area contributed by atoms with Crippen molar-refractivity contribution >= 4 is 22.6 Å². The van der Waals surface area contributed by atoms with Gasteiger partial charge < -0.3 is 14.3 Å². The van der Waals surface area contributed by atoms with Gasteiger partial charge in [0.05, 0.1) is 29.5 Å². The number of ether oxygens (including phenoxy) is 1. The predicted molar refractivity (Wildman–Crippen MR) is 90.0 cm³/mol. The number of phenols is 1. The molecule has 1 fully saturated rings. The summed E-state index contributed by atoms with van der Waals surface area (Å²) < 4.78 is 10.1. The van der Waals surface area contributed by atoms with E-state index >= 15 is 0 Å². The molecule has 2 heterocycles. The SMILES string of the molecule is ClCC1CO1.O=c1c(-c2ccccc2)coc2cc(O)ccc12. The first-order valence-corrected chi connectivity index (χ1v) is 7.70. The Balaban J connectivity index is 0.000000267. The van der Waals surface area contributed by atoms with Crippen LogP contribution in [-0.4, -0.2) is 23.7 Å². The maximum absolute atomic E-state index is 12.3. The summed E-state index contributed by atoms with van der Waals surface area (Å²) in [5.41, 5.74) is 1.64. The van der Waals surface area contributed by atoms with E-state index < -0.39 is 0 Å². The van der Waals surface area contributed by atoms with Crippen molar-refractivity contribution in [3.8, 4) is 16.9 Å². The zero-order valence-electron chi connectivity index (χ0n) is 12.2. The monoisotopic (exact) mass is 330 g/mol. The van der Waals surface area contributed by atoms with Crippen LogP contribution in [0.1, 0.15) is 0 Å². The minimum Gasteiger partial charge on any atom is -0.508 e. The minimum absolute atomic E-state index is 0.0816. The summed E-state index contributed by atoms with van der Waals surface area (Å²) in [5.74, 6) is 0.748. The van der Waals surface area contributed by atoms with Gasteiger partial charge in [0.1, 0.15) is 17.6 Å². The van der Waals surface area contributed by atoms with Crippen molar-refractivity contribution in [1.82, 2.24) is 0 Å². The lowest BCUT2D eigenvalue weighted by Gasteiger charge is -2.02. The van der Waals surface area contributed by atoms with Gasteiger partial charge in [-0.1, -0.05) is 30.3 Å². The van der Waals surface area contributed by atoms with Crippen LogP contribution in [0.15, 0.2) is 64.0 Å². The summed E-state index contributed by atoms with van der Waals surface area (Å²) in [6, 6.07) is 13.8. The molecule has 4 nitrogen and oxygen atoms in total. The normalized spacial score (nSPS) is 15.8. The number of halogens is 1. The number of rotatable bonds is 2. The molecule has 23 heavy (non-hydrogen) atoms. The van der Waals surface area contributed by atoms with Crippen molar-refractivity contribution in [2.45, 2.75) is 6.10 Å². The third kappa shape index (κ3) is 3.73. The molecule has 1 atom stereocenters. The molecule has 0 amide bonds. The zero-order chi connectivity index (χ0) is 16.2. The highest BCUT2D eigenvalue weighted by Crippen LogP contribution is 2.22. The molecule has 3 aromatic rings. The number of hydrogen-bond acceptors (Lipinski definition) is 4. The number of fused-ring (bicyclic) bond motifs is 1. The zero-order valence-corrected chi connectivity index (χ0v) is 13.0. The number of aromatic hydroxyl groups is 1. The molecule has 2 aromatic carbocycles. The number of alkyl halides is 1. The van der Waals surface area contributed by atoms with E-state index in [1.807, 2.05) is 30.3 Å². The quantitative estimate of drug-likeness (QED) is 0.573. The fraction of sp³-hybridized carbons (Fsp3) is 0.167. The van der Waals surface area contributed by atoms with E-state index in [1.54, 1.807) is 6.07 Å². The molecule has 0 bridgehead atoms. The molecule has 0 spiro atoms. The van der Waals surface area contributed by atoms with E-state index in [4.69, 9.17) is 20.8 Å². The van der Waals surface area contributed by atoms with Gasteiger partial charge in [-0.25, -0.2) is 0 Å². The molecule has 0 radical (unpaired) electrons. The van der Waals surface area contributed by atoms with Crippen LogP contribution in [0.4, 0.5) is 0 Å². The Hall–Kier alpha value is -2.30. The van der Waals surface area contributed by atoms with Crippen molar-refractivity contribution in [2.75, 3.05) is 12.5 Å². The molecular formula is C18H15ClO4. The summed E-state index contributed by atoms with van der Waals surface area (Å²) in [6.45, 7) is 0.878. The fourth-order valence-electron chi connectivity index (χ4n) is 2.09. The molecule has 1 N–H and O–H groups in total. The standard InChI is InChI=1S/C15H10O3.C3H5ClO/c16-11-6-7-12-14(8-11)18-9-13(15(12)17)10-4-2-1-3-5-10;4-1-3-2-5-3/h1-9,16H;3H,1-2H2. The van der Waals surface area contributed by atoms with Crippen molar-refractivity contribution < 1.29 is 14.3 Å². The van der Waals surface area contributed by atoms with Crippen LogP contribution in [0, 0.1) is 0 Å². The summed E-state index contributed by atoms with van der Waals surface area (Å²) >= 11 is 5.27. The highest BCUT2D eigenvalue weighted by Gasteiger charge is 2.19. The van der Waals surface area contributed by atoms with Crippen LogP contribution in [0.2, 0.25) is 0 Å². The Labute approximate surface area is 137 Å². The molecule has 1 aliphatic rings. The van der Waals surface area contributed by atoms with E-state index in [2.05, 4.69) is 0 Å². The highest BCUT2D eigenvalue weighted by molar-refractivity contribution is 6.18. The maximum Gasteiger partial charge on any atom is 0.200 e. The highest BCUT2D eigenvalue weighted by atomic mass is 35.5. The van der Waals surface area contributed by atoms with Gasteiger partial charge in [-0.15, -0.1) is 11.6 Å². The Morgan fingerprint density at radius 2 is 1.91 bits per heavy atom. The maximum atomic E-state index is 12.3. The summed E-state index contributed by atoms with van der Waals surface area (Å²) in [5, 5.41) is 9.81. The number of hydrogen-bond donors (Lipinski definition) is 1. The second kappa shape index (κ2) is 6.86. The molecule has 0 saturated carbocycles. The Bertz CT molecular complexity index is 854. The predicted octanol–water partition coefficient (Wildman–Crippen LogP) is 3.79. The molecule has 1 unspecified atom stereocenters. The van der Waals surface area contributed by atoms with Crippen molar-refractivity contribution in [3.63, 3.8) is 0 Å². The van der Waals surface area contributed by atoms with Crippen LogP contribution < -0.4 is 5.43 Å². The Morgan fingerprint density at radius 3 is 2.52 bits per heavy atom. The third-order valence-corrected chi connectivity index (χ3v) is 3.76. The lowest BCUT2D eigenvalue weighted by Crippen LogP contribution is -2.04. The van der Waals surface area contributed by atoms with Crippen molar-refractivity contribution in [3.05, 3.63) is 65.0 Å². The number of phenolic OH excluding ortho intramolecular Hbond substituents is 1. The van der Waals surface area contributed by atoms with Crippen LogP contribution in [0.25, 0.3) is 22.1 Å². The van der Waals surface area contributed by atoms with Crippen molar-refractivity contribution in [2.24, 2.45) is 0 Å². The van der Waals surface area contributed by atoms with Gasteiger partial charge in [0.25, 0.3) is 0 Å². The van der Waals surface area contributed by atoms with E-state index in [1.165, 1.54) is 18.4 Å². The second-order valence-electron chi connectivity index (χ2n) is 5.13. The van der Waals surface area contributed by atoms with E-state index in [-0.39, 0.29) is 11.2 Å². The minimum atomic E-state index is -0.0950. The largest absolute Gasteiger partial charge is 0.508 e.